The molecule has 2 N–H and O–H groups in total. The van der Waals surface area contributed by atoms with Gasteiger partial charge in [-0.05, 0) is 37.3 Å². The van der Waals surface area contributed by atoms with E-state index in [1.54, 1.807) is 6.92 Å². The lowest BCUT2D eigenvalue weighted by atomic mass is 9.71. The molecule has 23 heavy (non-hydrogen) atoms. The molecule has 1 aliphatic rings. The topological polar surface area (TPSA) is 80.0 Å². The Morgan fingerprint density at radius 1 is 1.35 bits per heavy atom. The molecule has 0 saturated carbocycles. The molecule has 1 aliphatic carbocycles. The van der Waals surface area contributed by atoms with Crippen molar-refractivity contribution in [1.29, 1.82) is 0 Å². The average Bonchev–Trinajstić information content (AvgIpc) is 2.97. The molecular formula is C17H22N4O2. The van der Waals surface area contributed by atoms with Gasteiger partial charge >= 0.3 is 6.03 Å². The minimum Gasteiger partial charge on any atom is -0.337 e. The number of aryl methyl sites for hydroxylation is 2. The van der Waals surface area contributed by atoms with E-state index in [4.69, 9.17) is 4.52 Å². The van der Waals surface area contributed by atoms with Crippen molar-refractivity contribution in [2.24, 2.45) is 0 Å². The average molecular weight is 314 g/mol. The smallest absolute Gasteiger partial charge is 0.315 e. The molecule has 6 heteroatoms. The van der Waals surface area contributed by atoms with Crippen LogP contribution in [0, 0.1) is 6.92 Å². The number of carbonyl (C=O) groups excluding carboxylic acids is 1. The summed E-state index contributed by atoms with van der Waals surface area (Å²) in [5.41, 5.74) is 2.72. The van der Waals surface area contributed by atoms with Gasteiger partial charge in [0.25, 0.3) is 0 Å². The van der Waals surface area contributed by atoms with E-state index in [-0.39, 0.29) is 18.0 Å². The monoisotopic (exact) mass is 314 g/mol. The first-order chi connectivity index (χ1) is 11.1. The highest BCUT2D eigenvalue weighted by molar-refractivity contribution is 5.73. The van der Waals surface area contributed by atoms with E-state index < -0.39 is 0 Å². The fourth-order valence-corrected chi connectivity index (χ4v) is 3.22. The lowest BCUT2D eigenvalue weighted by Crippen LogP contribution is -2.44. The molecule has 0 fully saturated rings. The third kappa shape index (κ3) is 3.52. The Labute approximate surface area is 135 Å². The Kier molecular flexibility index (Phi) is 4.32. The van der Waals surface area contributed by atoms with Crippen molar-refractivity contribution < 1.29 is 9.32 Å². The third-order valence-corrected chi connectivity index (χ3v) is 4.45. The number of rotatable bonds is 4. The Balaban J connectivity index is 1.56. The van der Waals surface area contributed by atoms with Gasteiger partial charge in [0, 0.05) is 12.0 Å². The number of nitrogens with zero attached hydrogens (tertiary/aromatic N) is 2. The van der Waals surface area contributed by atoms with Crippen molar-refractivity contribution in [2.45, 2.75) is 45.1 Å². The molecule has 1 aromatic carbocycles. The maximum Gasteiger partial charge on any atom is 0.315 e. The van der Waals surface area contributed by atoms with E-state index in [1.165, 1.54) is 11.1 Å². The SMILES string of the molecule is Cc1noc(CNC(=O)NCC2(C)CCCc3ccccc32)n1. The molecule has 0 bridgehead atoms. The van der Waals surface area contributed by atoms with E-state index >= 15 is 0 Å². The summed E-state index contributed by atoms with van der Waals surface area (Å²) in [4.78, 5) is 16.1. The second-order valence-corrected chi connectivity index (χ2v) is 6.34. The molecule has 6 nitrogen and oxygen atoms in total. The predicted molar refractivity (Wildman–Crippen MR) is 86.0 cm³/mol. The first-order valence-corrected chi connectivity index (χ1v) is 7.96. The van der Waals surface area contributed by atoms with Gasteiger partial charge < -0.3 is 15.2 Å². The summed E-state index contributed by atoms with van der Waals surface area (Å²) in [5.74, 6) is 0.973. The Hall–Kier alpha value is -2.37. The number of carbonyl (C=O) groups is 1. The van der Waals surface area contributed by atoms with Gasteiger partial charge in [-0.15, -0.1) is 0 Å². The third-order valence-electron chi connectivity index (χ3n) is 4.45. The van der Waals surface area contributed by atoms with Crippen molar-refractivity contribution >= 4 is 6.03 Å². The molecular weight excluding hydrogens is 292 g/mol. The highest BCUT2D eigenvalue weighted by Gasteiger charge is 2.31. The van der Waals surface area contributed by atoms with Gasteiger partial charge in [0.2, 0.25) is 5.89 Å². The summed E-state index contributed by atoms with van der Waals surface area (Å²) >= 11 is 0. The lowest BCUT2D eigenvalue weighted by molar-refractivity contribution is 0.234. The molecule has 1 atom stereocenters. The highest BCUT2D eigenvalue weighted by Crippen LogP contribution is 2.36. The van der Waals surface area contributed by atoms with Crippen LogP contribution < -0.4 is 10.6 Å². The quantitative estimate of drug-likeness (QED) is 0.908. The molecule has 3 rings (SSSR count). The van der Waals surface area contributed by atoms with E-state index in [0.717, 1.165) is 19.3 Å². The van der Waals surface area contributed by atoms with E-state index in [1.807, 2.05) is 0 Å². The minimum atomic E-state index is -0.217. The van der Waals surface area contributed by atoms with E-state index in [9.17, 15) is 4.79 Å². The second kappa shape index (κ2) is 6.40. The molecule has 1 aromatic heterocycles. The normalized spacial score (nSPS) is 19.9. The molecule has 1 heterocycles. The zero-order chi connectivity index (χ0) is 16.3. The summed E-state index contributed by atoms with van der Waals surface area (Å²) in [7, 11) is 0. The van der Waals surface area contributed by atoms with Gasteiger partial charge in [-0.3, -0.25) is 0 Å². The molecule has 2 amide bonds. The van der Waals surface area contributed by atoms with Crippen LogP contribution in [0.15, 0.2) is 28.8 Å². The van der Waals surface area contributed by atoms with Gasteiger partial charge in [-0.1, -0.05) is 36.3 Å². The molecule has 2 aromatic rings. The van der Waals surface area contributed by atoms with Crippen LogP contribution >= 0.6 is 0 Å². The number of nitrogens with one attached hydrogen (secondary N) is 2. The first kappa shape index (κ1) is 15.5. The van der Waals surface area contributed by atoms with Crippen LogP contribution in [0.5, 0.6) is 0 Å². The Morgan fingerprint density at radius 3 is 2.96 bits per heavy atom. The number of hydrogen-bond donors (Lipinski definition) is 2. The van der Waals surface area contributed by atoms with E-state index in [0.29, 0.717) is 18.3 Å². The Bertz CT molecular complexity index is 697. The molecule has 1 unspecified atom stereocenters. The van der Waals surface area contributed by atoms with Gasteiger partial charge in [-0.25, -0.2) is 4.79 Å². The van der Waals surface area contributed by atoms with E-state index in [2.05, 4.69) is 52.0 Å². The summed E-state index contributed by atoms with van der Waals surface area (Å²) in [6.45, 7) is 4.81. The van der Waals surface area contributed by atoms with Crippen LogP contribution in [0.25, 0.3) is 0 Å². The summed E-state index contributed by atoms with van der Waals surface area (Å²) in [5, 5.41) is 9.41. The molecule has 0 aliphatic heterocycles. The van der Waals surface area contributed by atoms with Crippen LogP contribution in [-0.2, 0) is 18.4 Å². The maximum absolute atomic E-state index is 12.0. The number of benzene rings is 1. The van der Waals surface area contributed by atoms with Crippen molar-refractivity contribution in [2.75, 3.05) is 6.54 Å². The van der Waals surface area contributed by atoms with Gasteiger partial charge in [-0.2, -0.15) is 4.98 Å². The predicted octanol–water partition coefficient (Wildman–Crippen LogP) is 2.47. The van der Waals surface area contributed by atoms with Crippen LogP contribution in [0.3, 0.4) is 0 Å². The number of amides is 2. The summed E-state index contributed by atoms with van der Waals surface area (Å²) < 4.78 is 4.97. The highest BCUT2D eigenvalue weighted by atomic mass is 16.5. The maximum atomic E-state index is 12.0. The largest absolute Gasteiger partial charge is 0.337 e. The summed E-state index contributed by atoms with van der Waals surface area (Å²) in [6.07, 6.45) is 3.35. The molecule has 0 saturated heterocycles. The van der Waals surface area contributed by atoms with Gasteiger partial charge in [0.1, 0.15) is 0 Å². The van der Waals surface area contributed by atoms with Crippen LogP contribution in [0.2, 0.25) is 0 Å². The van der Waals surface area contributed by atoms with Gasteiger partial charge in [0.05, 0.1) is 6.54 Å². The zero-order valence-electron chi connectivity index (χ0n) is 13.6. The lowest BCUT2D eigenvalue weighted by Gasteiger charge is -2.36. The minimum absolute atomic E-state index is 0.0206. The standard InChI is InChI=1S/C17H22N4O2/c1-12-20-15(23-21-12)10-18-16(22)19-11-17(2)9-5-7-13-6-3-4-8-14(13)17/h3-4,6,8H,5,7,9-11H2,1-2H3,(H2,18,19,22). The van der Waals surface area contributed by atoms with Gasteiger partial charge in [0.15, 0.2) is 5.82 Å². The summed E-state index contributed by atoms with van der Waals surface area (Å²) in [6, 6.07) is 8.29. The fourth-order valence-electron chi connectivity index (χ4n) is 3.22. The van der Waals surface area contributed by atoms with Crippen LogP contribution in [-0.4, -0.2) is 22.7 Å². The Morgan fingerprint density at radius 2 is 2.17 bits per heavy atom. The number of urea groups is 1. The van der Waals surface area contributed by atoms with Crippen molar-refractivity contribution in [1.82, 2.24) is 20.8 Å². The second-order valence-electron chi connectivity index (χ2n) is 6.34. The zero-order valence-corrected chi connectivity index (χ0v) is 13.6. The van der Waals surface area contributed by atoms with Crippen LogP contribution in [0.1, 0.15) is 42.6 Å². The van der Waals surface area contributed by atoms with Crippen molar-refractivity contribution in [3.05, 3.63) is 47.1 Å². The van der Waals surface area contributed by atoms with Crippen LogP contribution in [0.4, 0.5) is 4.79 Å². The fraction of sp³-hybridized carbons (Fsp3) is 0.471. The first-order valence-electron chi connectivity index (χ1n) is 7.96. The molecule has 0 spiro atoms. The molecule has 0 radical (unpaired) electrons. The van der Waals surface area contributed by atoms with Crippen molar-refractivity contribution in [3.8, 4) is 0 Å². The number of aromatic nitrogens is 2. The number of hydrogen-bond acceptors (Lipinski definition) is 4. The molecule has 122 valence electrons. The van der Waals surface area contributed by atoms with Crippen molar-refractivity contribution in [3.63, 3.8) is 0 Å². The number of fused-ring (bicyclic) bond motifs is 1.